The fourth-order valence-corrected chi connectivity index (χ4v) is 1.68. The van der Waals surface area contributed by atoms with E-state index in [9.17, 15) is 4.79 Å². The Balaban J connectivity index is 2.83. The first-order valence-electron chi connectivity index (χ1n) is 5.05. The third-order valence-electron chi connectivity index (χ3n) is 2.28. The van der Waals surface area contributed by atoms with Crippen LogP contribution in [0.4, 0.5) is 5.69 Å². The zero-order valence-corrected chi connectivity index (χ0v) is 10.6. The fourth-order valence-electron chi connectivity index (χ4n) is 1.26. The molecule has 16 heavy (non-hydrogen) atoms. The summed E-state index contributed by atoms with van der Waals surface area (Å²) in [5, 5.41) is 11.7. The third kappa shape index (κ3) is 3.21. The van der Waals surface area contributed by atoms with Crippen molar-refractivity contribution in [2.45, 2.75) is 19.4 Å². The normalized spacial score (nSPS) is 12.2. The van der Waals surface area contributed by atoms with Crippen molar-refractivity contribution < 1.29 is 9.90 Å². The summed E-state index contributed by atoms with van der Waals surface area (Å²) in [4.78, 5) is 11.8. The van der Waals surface area contributed by atoms with Crippen LogP contribution in [0.25, 0.3) is 0 Å². The first kappa shape index (κ1) is 13.0. The van der Waals surface area contributed by atoms with Crippen LogP contribution < -0.4 is 11.1 Å². The molecule has 0 spiro atoms. The number of aliphatic hydroxyl groups excluding tert-OH is 1. The molecular weight excluding hydrogens is 272 g/mol. The molecule has 4 N–H and O–H groups in total. The molecule has 1 aromatic carbocycles. The van der Waals surface area contributed by atoms with Crippen LogP contribution in [-0.2, 0) is 0 Å². The molecule has 0 aliphatic carbocycles. The van der Waals surface area contributed by atoms with Crippen molar-refractivity contribution in [2.75, 3.05) is 12.3 Å². The van der Waals surface area contributed by atoms with E-state index >= 15 is 0 Å². The second-order valence-corrected chi connectivity index (χ2v) is 4.35. The van der Waals surface area contributed by atoms with Gasteiger partial charge in [0.1, 0.15) is 0 Å². The molecule has 1 amide bonds. The number of halogens is 1. The predicted molar refractivity (Wildman–Crippen MR) is 67.2 cm³/mol. The summed E-state index contributed by atoms with van der Waals surface area (Å²) in [5.74, 6) is -0.236. The maximum atomic E-state index is 11.8. The number of benzene rings is 1. The van der Waals surface area contributed by atoms with Crippen LogP contribution in [0.15, 0.2) is 22.7 Å². The van der Waals surface area contributed by atoms with Gasteiger partial charge in [-0.2, -0.15) is 0 Å². The van der Waals surface area contributed by atoms with E-state index in [2.05, 4.69) is 21.2 Å². The molecule has 0 bridgehead atoms. The number of amides is 1. The summed E-state index contributed by atoms with van der Waals surface area (Å²) in [6.45, 7) is 1.83. The maximum absolute atomic E-state index is 11.8. The first-order chi connectivity index (χ1) is 7.58. The van der Waals surface area contributed by atoms with E-state index < -0.39 is 0 Å². The Morgan fingerprint density at radius 2 is 2.31 bits per heavy atom. The molecule has 1 rings (SSSR count). The van der Waals surface area contributed by atoms with Crippen LogP contribution in [0.1, 0.15) is 23.7 Å². The summed E-state index contributed by atoms with van der Waals surface area (Å²) in [7, 11) is 0. The van der Waals surface area contributed by atoms with Crippen molar-refractivity contribution in [3.63, 3.8) is 0 Å². The molecular formula is C11H15BrN2O2. The zero-order chi connectivity index (χ0) is 12.1. The summed E-state index contributed by atoms with van der Waals surface area (Å²) < 4.78 is 0.687. The Kier molecular flexibility index (Phi) is 4.76. The second kappa shape index (κ2) is 5.86. The maximum Gasteiger partial charge on any atom is 0.252 e. The molecule has 0 aromatic heterocycles. The van der Waals surface area contributed by atoms with Crippen LogP contribution in [0.2, 0.25) is 0 Å². The highest BCUT2D eigenvalue weighted by atomic mass is 79.9. The molecule has 5 heteroatoms. The molecule has 0 unspecified atom stereocenters. The molecule has 0 heterocycles. The Morgan fingerprint density at radius 3 is 2.88 bits per heavy atom. The minimum atomic E-state index is -0.236. The zero-order valence-electron chi connectivity index (χ0n) is 9.03. The number of aliphatic hydroxyl groups is 1. The minimum Gasteiger partial charge on any atom is -0.399 e. The highest BCUT2D eigenvalue weighted by Crippen LogP contribution is 2.19. The summed E-state index contributed by atoms with van der Waals surface area (Å²) in [6.07, 6.45) is 0.683. The van der Waals surface area contributed by atoms with E-state index in [0.717, 1.165) is 0 Å². The van der Waals surface area contributed by atoms with Crippen LogP contribution in [0.3, 0.4) is 0 Å². The van der Waals surface area contributed by atoms with Gasteiger partial charge in [-0.15, -0.1) is 0 Å². The van der Waals surface area contributed by atoms with Crippen molar-refractivity contribution in [3.05, 3.63) is 28.2 Å². The SMILES string of the molecule is CC[C@@H](CO)NC(=O)c1cc(N)ccc1Br. The monoisotopic (exact) mass is 286 g/mol. The summed E-state index contributed by atoms with van der Waals surface area (Å²) in [6, 6.07) is 4.82. The van der Waals surface area contributed by atoms with E-state index in [1.807, 2.05) is 6.92 Å². The lowest BCUT2D eigenvalue weighted by molar-refractivity contribution is 0.0914. The van der Waals surface area contributed by atoms with Gasteiger partial charge in [0.2, 0.25) is 0 Å². The lowest BCUT2D eigenvalue weighted by Gasteiger charge is -2.14. The molecule has 0 fully saturated rings. The highest BCUT2D eigenvalue weighted by Gasteiger charge is 2.14. The van der Waals surface area contributed by atoms with Gasteiger partial charge in [-0.05, 0) is 40.5 Å². The lowest BCUT2D eigenvalue weighted by Crippen LogP contribution is -2.37. The molecule has 0 radical (unpaired) electrons. The van der Waals surface area contributed by atoms with Gasteiger partial charge in [0.25, 0.3) is 5.91 Å². The molecule has 0 aliphatic heterocycles. The van der Waals surface area contributed by atoms with E-state index in [1.54, 1.807) is 18.2 Å². The average Bonchev–Trinajstić information content (AvgIpc) is 2.28. The van der Waals surface area contributed by atoms with Gasteiger partial charge < -0.3 is 16.2 Å². The van der Waals surface area contributed by atoms with Gasteiger partial charge in [-0.3, -0.25) is 4.79 Å². The average molecular weight is 287 g/mol. The molecule has 0 aliphatic rings. The number of hydrogen-bond acceptors (Lipinski definition) is 3. The summed E-state index contributed by atoms with van der Waals surface area (Å²) in [5.41, 5.74) is 6.62. The van der Waals surface area contributed by atoms with E-state index in [1.165, 1.54) is 0 Å². The Labute approximate surface area is 103 Å². The number of carbonyl (C=O) groups excluding carboxylic acids is 1. The van der Waals surface area contributed by atoms with Crippen molar-refractivity contribution >= 4 is 27.5 Å². The molecule has 88 valence electrons. The topological polar surface area (TPSA) is 75.3 Å². The summed E-state index contributed by atoms with van der Waals surface area (Å²) >= 11 is 3.29. The Bertz CT molecular complexity index is 378. The van der Waals surface area contributed by atoms with Gasteiger partial charge in [0, 0.05) is 10.2 Å². The van der Waals surface area contributed by atoms with Crippen molar-refractivity contribution in [1.82, 2.24) is 5.32 Å². The van der Waals surface area contributed by atoms with Crippen LogP contribution in [0.5, 0.6) is 0 Å². The minimum absolute atomic E-state index is 0.0673. The van der Waals surface area contributed by atoms with E-state index in [-0.39, 0.29) is 18.6 Å². The quantitative estimate of drug-likeness (QED) is 0.735. The van der Waals surface area contributed by atoms with Gasteiger partial charge in [-0.25, -0.2) is 0 Å². The fraction of sp³-hybridized carbons (Fsp3) is 0.364. The predicted octanol–water partition coefficient (Wildman–Crippen LogP) is 1.53. The number of nitrogens with one attached hydrogen (secondary N) is 1. The number of nitrogens with two attached hydrogens (primary N) is 1. The second-order valence-electron chi connectivity index (χ2n) is 3.50. The third-order valence-corrected chi connectivity index (χ3v) is 2.97. The van der Waals surface area contributed by atoms with Crippen molar-refractivity contribution in [1.29, 1.82) is 0 Å². The Hall–Kier alpha value is -1.07. The van der Waals surface area contributed by atoms with Crippen LogP contribution in [-0.4, -0.2) is 23.7 Å². The molecule has 1 aromatic rings. The van der Waals surface area contributed by atoms with E-state index in [0.29, 0.717) is 22.1 Å². The van der Waals surface area contributed by atoms with Gasteiger partial charge in [-0.1, -0.05) is 6.92 Å². The van der Waals surface area contributed by atoms with Gasteiger partial charge >= 0.3 is 0 Å². The number of rotatable bonds is 4. The van der Waals surface area contributed by atoms with Crippen LogP contribution in [0, 0.1) is 0 Å². The lowest BCUT2D eigenvalue weighted by atomic mass is 10.1. The van der Waals surface area contributed by atoms with Crippen LogP contribution >= 0.6 is 15.9 Å². The van der Waals surface area contributed by atoms with Crippen molar-refractivity contribution in [3.8, 4) is 0 Å². The molecule has 0 saturated heterocycles. The van der Waals surface area contributed by atoms with Gasteiger partial charge in [0.05, 0.1) is 18.2 Å². The molecule has 4 nitrogen and oxygen atoms in total. The number of anilines is 1. The van der Waals surface area contributed by atoms with Gasteiger partial charge in [0.15, 0.2) is 0 Å². The molecule has 0 saturated carbocycles. The standard InChI is InChI=1S/C11H15BrN2O2/c1-2-8(6-15)14-11(16)9-5-7(13)3-4-10(9)12/h3-5,8,15H,2,6,13H2,1H3,(H,14,16)/t8-/m0/s1. The van der Waals surface area contributed by atoms with E-state index in [4.69, 9.17) is 10.8 Å². The Morgan fingerprint density at radius 1 is 1.62 bits per heavy atom. The number of nitrogen functional groups attached to an aromatic ring is 1. The first-order valence-corrected chi connectivity index (χ1v) is 5.84. The number of hydrogen-bond donors (Lipinski definition) is 3. The largest absolute Gasteiger partial charge is 0.399 e. The smallest absolute Gasteiger partial charge is 0.252 e. The van der Waals surface area contributed by atoms with Crippen molar-refractivity contribution in [2.24, 2.45) is 0 Å². The highest BCUT2D eigenvalue weighted by molar-refractivity contribution is 9.10. The molecule has 1 atom stereocenters. The number of carbonyl (C=O) groups is 1.